The number of carbonyl (C=O) groups excluding carboxylic acids is 1. The third kappa shape index (κ3) is 3.46. The lowest BCUT2D eigenvalue weighted by molar-refractivity contribution is 0.0950. The average molecular weight is 329 g/mol. The van der Waals surface area contributed by atoms with Crippen molar-refractivity contribution in [1.82, 2.24) is 5.32 Å². The van der Waals surface area contributed by atoms with Gasteiger partial charge in [0.25, 0.3) is 5.91 Å². The van der Waals surface area contributed by atoms with Crippen LogP contribution < -0.4 is 5.32 Å². The van der Waals surface area contributed by atoms with E-state index in [0.29, 0.717) is 6.54 Å². The van der Waals surface area contributed by atoms with Crippen LogP contribution in [0.3, 0.4) is 0 Å². The Balaban J connectivity index is 1.76. The van der Waals surface area contributed by atoms with Crippen molar-refractivity contribution < 1.29 is 13.6 Å². The fraction of sp³-hybridized carbons (Fsp3) is 0.0556. The molecule has 1 heterocycles. The Kier molecular flexibility index (Phi) is 4.48. The molecule has 2 aromatic carbocycles. The molecule has 116 valence electrons. The maximum atomic E-state index is 13.2. The fourth-order valence-corrected chi connectivity index (χ4v) is 2.94. The quantitative estimate of drug-likeness (QED) is 0.743. The van der Waals surface area contributed by atoms with Crippen molar-refractivity contribution in [3.8, 4) is 11.1 Å². The molecule has 3 rings (SSSR count). The van der Waals surface area contributed by atoms with Gasteiger partial charge in [0, 0.05) is 12.1 Å². The third-order valence-corrected chi connectivity index (χ3v) is 4.15. The molecule has 1 amide bonds. The van der Waals surface area contributed by atoms with E-state index in [0.717, 1.165) is 28.8 Å². The van der Waals surface area contributed by atoms with E-state index in [4.69, 9.17) is 0 Å². The first kappa shape index (κ1) is 15.4. The molecule has 1 N–H and O–H groups in total. The minimum atomic E-state index is -1.03. The van der Waals surface area contributed by atoms with Gasteiger partial charge in [-0.15, -0.1) is 0 Å². The zero-order chi connectivity index (χ0) is 16.2. The predicted octanol–water partition coefficient (Wildman–Crippen LogP) is 4.62. The molecule has 0 atom stereocenters. The molecule has 0 saturated carbocycles. The zero-order valence-electron chi connectivity index (χ0n) is 12.1. The smallest absolute Gasteiger partial charge is 0.251 e. The van der Waals surface area contributed by atoms with Crippen LogP contribution in [-0.2, 0) is 6.54 Å². The van der Waals surface area contributed by atoms with Gasteiger partial charge in [-0.3, -0.25) is 4.79 Å². The molecule has 0 spiro atoms. The summed E-state index contributed by atoms with van der Waals surface area (Å²) in [7, 11) is 0. The maximum absolute atomic E-state index is 13.2. The van der Waals surface area contributed by atoms with E-state index in [1.807, 2.05) is 41.1 Å². The topological polar surface area (TPSA) is 29.1 Å². The molecule has 0 unspecified atom stereocenters. The lowest BCUT2D eigenvalue weighted by atomic mass is 10.0. The minimum absolute atomic E-state index is 0.0944. The van der Waals surface area contributed by atoms with Crippen LogP contribution in [0.2, 0.25) is 0 Å². The highest BCUT2D eigenvalue weighted by Crippen LogP contribution is 2.25. The van der Waals surface area contributed by atoms with Gasteiger partial charge in [0.05, 0.1) is 0 Å². The maximum Gasteiger partial charge on any atom is 0.251 e. The van der Waals surface area contributed by atoms with E-state index in [1.165, 1.54) is 6.07 Å². The van der Waals surface area contributed by atoms with Gasteiger partial charge in [0.15, 0.2) is 11.6 Å². The van der Waals surface area contributed by atoms with Crippen molar-refractivity contribution in [3.05, 3.63) is 82.1 Å². The van der Waals surface area contributed by atoms with Crippen molar-refractivity contribution in [2.75, 3.05) is 0 Å². The van der Waals surface area contributed by atoms with E-state index >= 15 is 0 Å². The summed E-state index contributed by atoms with van der Waals surface area (Å²) in [4.78, 5) is 12.1. The van der Waals surface area contributed by atoms with Crippen LogP contribution in [-0.4, -0.2) is 5.91 Å². The Morgan fingerprint density at radius 1 is 1.04 bits per heavy atom. The monoisotopic (exact) mass is 329 g/mol. The van der Waals surface area contributed by atoms with E-state index in [-0.39, 0.29) is 5.56 Å². The molecule has 0 aliphatic carbocycles. The van der Waals surface area contributed by atoms with Crippen LogP contribution in [0, 0.1) is 11.6 Å². The van der Waals surface area contributed by atoms with Crippen LogP contribution in [0.15, 0.2) is 59.3 Å². The molecule has 2 nitrogen and oxygen atoms in total. The summed E-state index contributed by atoms with van der Waals surface area (Å²) in [5.74, 6) is -2.44. The highest BCUT2D eigenvalue weighted by atomic mass is 32.1. The van der Waals surface area contributed by atoms with Gasteiger partial charge in [-0.1, -0.05) is 24.3 Å². The van der Waals surface area contributed by atoms with E-state index in [9.17, 15) is 13.6 Å². The van der Waals surface area contributed by atoms with Gasteiger partial charge < -0.3 is 5.32 Å². The molecule has 0 aliphatic heterocycles. The van der Waals surface area contributed by atoms with Gasteiger partial charge in [-0.05, 0) is 51.7 Å². The number of thiophene rings is 1. The van der Waals surface area contributed by atoms with Gasteiger partial charge in [0.1, 0.15) is 0 Å². The first-order chi connectivity index (χ1) is 11.1. The number of nitrogens with one attached hydrogen (secondary N) is 1. The minimum Gasteiger partial charge on any atom is -0.348 e. The molecule has 3 aromatic rings. The molecule has 0 fully saturated rings. The van der Waals surface area contributed by atoms with E-state index < -0.39 is 17.5 Å². The van der Waals surface area contributed by atoms with Crippen LogP contribution in [0.25, 0.3) is 11.1 Å². The van der Waals surface area contributed by atoms with Crippen LogP contribution in [0.1, 0.15) is 15.9 Å². The van der Waals surface area contributed by atoms with Gasteiger partial charge >= 0.3 is 0 Å². The third-order valence-electron chi connectivity index (χ3n) is 3.47. The number of carbonyl (C=O) groups is 1. The summed E-state index contributed by atoms with van der Waals surface area (Å²) in [5, 5.41) is 6.77. The standard InChI is InChI=1S/C18H13F2NOS/c19-16-6-5-12(9-17(16)20)18(22)21-10-13-3-1-2-4-15(13)14-7-8-23-11-14/h1-9,11H,10H2,(H,21,22). The van der Waals surface area contributed by atoms with E-state index in [2.05, 4.69) is 5.32 Å². The average Bonchev–Trinajstić information content (AvgIpc) is 3.10. The highest BCUT2D eigenvalue weighted by molar-refractivity contribution is 7.08. The number of hydrogen-bond donors (Lipinski definition) is 1. The lowest BCUT2D eigenvalue weighted by Gasteiger charge is -2.10. The van der Waals surface area contributed by atoms with Crippen LogP contribution in [0.5, 0.6) is 0 Å². The summed E-state index contributed by atoms with van der Waals surface area (Å²) in [5.41, 5.74) is 3.19. The number of hydrogen-bond acceptors (Lipinski definition) is 2. The zero-order valence-corrected chi connectivity index (χ0v) is 12.9. The van der Waals surface area contributed by atoms with Gasteiger partial charge in [-0.25, -0.2) is 8.78 Å². The van der Waals surface area contributed by atoms with Crippen LogP contribution >= 0.6 is 11.3 Å². The van der Waals surface area contributed by atoms with Crippen molar-refractivity contribution in [2.45, 2.75) is 6.54 Å². The number of amides is 1. The lowest BCUT2D eigenvalue weighted by Crippen LogP contribution is -2.23. The second kappa shape index (κ2) is 6.71. The first-order valence-electron chi connectivity index (χ1n) is 6.99. The number of benzene rings is 2. The Bertz CT molecular complexity index is 831. The summed E-state index contributed by atoms with van der Waals surface area (Å²) in [6.45, 7) is 0.309. The molecular formula is C18H13F2NOS. The normalized spacial score (nSPS) is 10.5. The summed E-state index contributed by atoms with van der Waals surface area (Å²) in [6.07, 6.45) is 0. The molecule has 0 bridgehead atoms. The molecule has 23 heavy (non-hydrogen) atoms. The van der Waals surface area contributed by atoms with Crippen LogP contribution in [0.4, 0.5) is 8.78 Å². The molecule has 0 aliphatic rings. The van der Waals surface area contributed by atoms with Gasteiger partial charge in [-0.2, -0.15) is 11.3 Å². The van der Waals surface area contributed by atoms with Crippen molar-refractivity contribution >= 4 is 17.2 Å². The van der Waals surface area contributed by atoms with Crippen molar-refractivity contribution in [3.63, 3.8) is 0 Å². The molecule has 0 saturated heterocycles. The first-order valence-corrected chi connectivity index (χ1v) is 7.93. The summed E-state index contributed by atoms with van der Waals surface area (Å²) >= 11 is 1.60. The Labute approximate surface area is 136 Å². The molecule has 0 radical (unpaired) electrons. The molecular weight excluding hydrogens is 316 g/mol. The Morgan fingerprint density at radius 2 is 1.87 bits per heavy atom. The SMILES string of the molecule is O=C(NCc1ccccc1-c1ccsc1)c1ccc(F)c(F)c1. The van der Waals surface area contributed by atoms with Gasteiger partial charge in [0.2, 0.25) is 0 Å². The second-order valence-corrected chi connectivity index (χ2v) is 5.76. The largest absolute Gasteiger partial charge is 0.348 e. The molecule has 5 heteroatoms. The predicted molar refractivity (Wildman–Crippen MR) is 87.3 cm³/mol. The highest BCUT2D eigenvalue weighted by Gasteiger charge is 2.11. The second-order valence-electron chi connectivity index (χ2n) is 4.98. The Morgan fingerprint density at radius 3 is 2.61 bits per heavy atom. The summed E-state index contributed by atoms with van der Waals surface area (Å²) in [6, 6.07) is 12.9. The number of halogens is 2. The van der Waals surface area contributed by atoms with Crippen molar-refractivity contribution in [2.24, 2.45) is 0 Å². The summed E-state index contributed by atoms with van der Waals surface area (Å²) < 4.78 is 26.1. The van der Waals surface area contributed by atoms with E-state index in [1.54, 1.807) is 11.3 Å². The van der Waals surface area contributed by atoms with Crippen molar-refractivity contribution in [1.29, 1.82) is 0 Å². The number of rotatable bonds is 4. The fourth-order valence-electron chi connectivity index (χ4n) is 2.29. The Hall–Kier alpha value is -2.53. The molecule has 1 aromatic heterocycles.